The topological polar surface area (TPSA) is 82.1 Å². The lowest BCUT2D eigenvalue weighted by Crippen LogP contribution is -2.32. The van der Waals surface area contributed by atoms with Gasteiger partial charge in [-0.05, 0) is 98.3 Å². The molecule has 1 aliphatic heterocycles. The van der Waals surface area contributed by atoms with Crippen molar-refractivity contribution < 1.29 is 28.6 Å². The minimum atomic E-state index is -0.530. The average Bonchev–Trinajstić information content (AvgIpc) is 3.25. The maximum atomic E-state index is 13.2. The van der Waals surface area contributed by atoms with Gasteiger partial charge in [-0.3, -0.25) is 14.5 Å². The summed E-state index contributed by atoms with van der Waals surface area (Å²) in [6.45, 7) is 6.49. The summed E-state index contributed by atoms with van der Waals surface area (Å²) in [5, 5.41) is 1.34. The molecule has 1 aliphatic rings. The molecule has 2 amide bonds. The quantitative estimate of drug-likeness (QED) is 0.101. The van der Waals surface area contributed by atoms with Crippen LogP contribution in [-0.2, 0) is 4.79 Å². The van der Waals surface area contributed by atoms with E-state index in [1.165, 1.54) is 12.0 Å². The van der Waals surface area contributed by atoms with Crippen LogP contribution in [0.3, 0.4) is 0 Å². The van der Waals surface area contributed by atoms with E-state index in [9.17, 15) is 14.4 Å². The number of benzene rings is 4. The Bertz CT molecular complexity index is 1760. The highest BCUT2D eigenvalue weighted by atomic mass is 79.9. The minimum absolute atomic E-state index is 0.129. The molecule has 0 bridgehead atoms. The average molecular weight is 661 g/mol. The van der Waals surface area contributed by atoms with Crippen molar-refractivity contribution in [3.05, 3.63) is 104 Å². The molecule has 4 aromatic rings. The third-order valence-corrected chi connectivity index (χ3v) is 8.49. The third-order valence-electron chi connectivity index (χ3n) is 6.99. The standard InChI is InChI=1S/C34H30BrNO6S/c1-20(2)24-13-12-21(3)16-28(24)41-15-14-36-32(37)30(43-34(36)39)19-22-17-27(35)31(29(18-22)40-4)42-33(38)26-11-7-9-23-8-5-6-10-25(23)26/h5-13,16-20H,14-15H2,1-4H3/b30-19-. The molecule has 7 nitrogen and oxygen atoms in total. The highest BCUT2D eigenvalue weighted by Crippen LogP contribution is 2.40. The molecule has 0 radical (unpaired) electrons. The summed E-state index contributed by atoms with van der Waals surface area (Å²) in [5.41, 5.74) is 3.17. The number of fused-ring (bicyclic) bond motifs is 1. The molecular weight excluding hydrogens is 630 g/mol. The van der Waals surface area contributed by atoms with Crippen molar-refractivity contribution in [3.8, 4) is 17.2 Å². The van der Waals surface area contributed by atoms with Crippen LogP contribution in [0.4, 0.5) is 4.79 Å². The summed E-state index contributed by atoms with van der Waals surface area (Å²) in [6.07, 6.45) is 1.62. The maximum absolute atomic E-state index is 13.2. The number of nitrogens with zero attached hydrogens (tertiary/aromatic N) is 1. The first kappa shape index (κ1) is 30.4. The molecule has 0 aromatic heterocycles. The van der Waals surface area contributed by atoms with Gasteiger partial charge in [0.2, 0.25) is 0 Å². The van der Waals surface area contributed by atoms with E-state index in [1.807, 2.05) is 55.5 Å². The van der Waals surface area contributed by atoms with Gasteiger partial charge >= 0.3 is 5.97 Å². The summed E-state index contributed by atoms with van der Waals surface area (Å²) < 4.78 is 17.8. The molecule has 1 saturated heterocycles. The van der Waals surface area contributed by atoms with Crippen LogP contribution in [-0.4, -0.2) is 42.3 Å². The fourth-order valence-corrected chi connectivity index (χ4v) is 6.21. The van der Waals surface area contributed by atoms with Crippen LogP contribution in [0.5, 0.6) is 17.2 Å². The molecular formula is C34H30BrNO6S. The predicted molar refractivity (Wildman–Crippen MR) is 173 cm³/mol. The van der Waals surface area contributed by atoms with E-state index in [0.717, 1.165) is 39.4 Å². The van der Waals surface area contributed by atoms with Crippen molar-refractivity contribution in [3.63, 3.8) is 0 Å². The Kier molecular flexibility index (Phi) is 9.22. The number of ether oxygens (including phenoxy) is 3. The van der Waals surface area contributed by atoms with Crippen molar-refractivity contribution in [2.75, 3.05) is 20.3 Å². The van der Waals surface area contributed by atoms with Gasteiger partial charge in [-0.1, -0.05) is 62.4 Å². The number of imide groups is 1. The molecule has 4 aromatic carbocycles. The molecule has 1 heterocycles. The first-order valence-electron chi connectivity index (χ1n) is 13.7. The second kappa shape index (κ2) is 13.1. The largest absolute Gasteiger partial charge is 0.493 e. The lowest BCUT2D eigenvalue weighted by atomic mass is 10.0. The summed E-state index contributed by atoms with van der Waals surface area (Å²) in [4.78, 5) is 40.5. The fraction of sp³-hybridized carbons (Fsp3) is 0.206. The molecule has 0 aliphatic carbocycles. The number of methoxy groups -OCH3 is 1. The van der Waals surface area contributed by atoms with Crippen LogP contribution in [0.1, 0.15) is 46.8 Å². The van der Waals surface area contributed by atoms with Gasteiger partial charge < -0.3 is 14.2 Å². The Hall–Kier alpha value is -4.08. The van der Waals surface area contributed by atoms with Crippen LogP contribution < -0.4 is 14.2 Å². The second-order valence-corrected chi connectivity index (χ2v) is 12.2. The van der Waals surface area contributed by atoms with Crippen molar-refractivity contribution in [1.29, 1.82) is 0 Å². The number of hydrogen-bond donors (Lipinski definition) is 0. The molecule has 0 saturated carbocycles. The summed E-state index contributed by atoms with van der Waals surface area (Å²) in [5.74, 6) is 0.614. The van der Waals surface area contributed by atoms with Crippen molar-refractivity contribution in [2.24, 2.45) is 0 Å². The molecule has 220 valence electrons. The van der Waals surface area contributed by atoms with E-state index >= 15 is 0 Å². The van der Waals surface area contributed by atoms with Crippen LogP contribution in [0.2, 0.25) is 0 Å². The molecule has 43 heavy (non-hydrogen) atoms. The third kappa shape index (κ3) is 6.63. The van der Waals surface area contributed by atoms with Crippen molar-refractivity contribution >= 4 is 61.7 Å². The molecule has 1 fully saturated rings. The van der Waals surface area contributed by atoms with Gasteiger partial charge in [0.1, 0.15) is 12.4 Å². The smallest absolute Gasteiger partial charge is 0.344 e. The van der Waals surface area contributed by atoms with Gasteiger partial charge in [-0.15, -0.1) is 0 Å². The van der Waals surface area contributed by atoms with Crippen LogP contribution in [0, 0.1) is 6.92 Å². The van der Waals surface area contributed by atoms with Gasteiger partial charge in [0.15, 0.2) is 11.5 Å². The molecule has 0 N–H and O–H groups in total. The number of thioether (sulfide) groups is 1. The molecule has 9 heteroatoms. The van der Waals surface area contributed by atoms with Gasteiger partial charge in [-0.25, -0.2) is 4.79 Å². The Labute approximate surface area is 262 Å². The number of halogens is 1. The predicted octanol–water partition coefficient (Wildman–Crippen LogP) is 8.38. The molecule has 0 spiro atoms. The zero-order valence-electron chi connectivity index (χ0n) is 24.2. The number of esters is 1. The van der Waals surface area contributed by atoms with Gasteiger partial charge in [0.05, 0.1) is 28.6 Å². The number of hydrogen-bond acceptors (Lipinski definition) is 7. The molecule has 5 rings (SSSR count). The number of rotatable bonds is 9. The van der Waals surface area contributed by atoms with Crippen molar-refractivity contribution in [2.45, 2.75) is 26.7 Å². The number of carbonyl (C=O) groups excluding carboxylic acids is 3. The van der Waals surface area contributed by atoms with Crippen LogP contribution in [0.15, 0.2) is 82.2 Å². The van der Waals surface area contributed by atoms with Crippen molar-refractivity contribution in [1.82, 2.24) is 4.90 Å². The SMILES string of the molecule is COc1cc(/C=C2\SC(=O)N(CCOc3cc(C)ccc3C(C)C)C2=O)cc(Br)c1OC(=O)c1cccc2ccccc12. The van der Waals surface area contributed by atoms with Crippen LogP contribution in [0.25, 0.3) is 16.8 Å². The van der Waals surface area contributed by atoms with E-state index in [0.29, 0.717) is 21.3 Å². The minimum Gasteiger partial charge on any atom is -0.493 e. The Morgan fingerprint density at radius 3 is 2.53 bits per heavy atom. The fourth-order valence-electron chi connectivity index (χ4n) is 4.81. The molecule has 0 unspecified atom stereocenters. The summed E-state index contributed by atoms with van der Waals surface area (Å²) >= 11 is 4.35. The highest BCUT2D eigenvalue weighted by Gasteiger charge is 2.35. The normalized spacial score (nSPS) is 14.2. The maximum Gasteiger partial charge on any atom is 0.344 e. The Morgan fingerprint density at radius 1 is 1.00 bits per heavy atom. The van der Waals surface area contributed by atoms with E-state index < -0.39 is 11.9 Å². The van der Waals surface area contributed by atoms with E-state index in [4.69, 9.17) is 14.2 Å². The van der Waals surface area contributed by atoms with Gasteiger partial charge in [-0.2, -0.15) is 0 Å². The Balaban J connectivity index is 1.31. The number of aryl methyl sites for hydroxylation is 1. The lowest BCUT2D eigenvalue weighted by molar-refractivity contribution is -0.123. The van der Waals surface area contributed by atoms with E-state index in [-0.39, 0.29) is 35.0 Å². The molecule has 0 atom stereocenters. The van der Waals surface area contributed by atoms with Gasteiger partial charge in [0.25, 0.3) is 11.1 Å². The zero-order valence-corrected chi connectivity index (χ0v) is 26.6. The second-order valence-electron chi connectivity index (χ2n) is 10.3. The summed E-state index contributed by atoms with van der Waals surface area (Å²) in [7, 11) is 1.47. The monoisotopic (exact) mass is 659 g/mol. The van der Waals surface area contributed by atoms with Gasteiger partial charge in [0, 0.05) is 0 Å². The highest BCUT2D eigenvalue weighted by molar-refractivity contribution is 9.10. The number of carbonyl (C=O) groups is 3. The van der Waals surface area contributed by atoms with E-state index in [1.54, 1.807) is 30.3 Å². The Morgan fingerprint density at radius 2 is 1.77 bits per heavy atom. The van der Waals surface area contributed by atoms with E-state index in [2.05, 4.69) is 29.8 Å². The van der Waals surface area contributed by atoms with Crippen LogP contribution >= 0.6 is 27.7 Å². The number of amides is 2. The zero-order chi connectivity index (χ0) is 30.7. The first-order chi connectivity index (χ1) is 20.7. The lowest BCUT2D eigenvalue weighted by Gasteiger charge is -2.17. The first-order valence-corrected chi connectivity index (χ1v) is 15.3. The summed E-state index contributed by atoms with van der Waals surface area (Å²) in [6, 6.07) is 22.4.